The van der Waals surface area contributed by atoms with E-state index in [4.69, 9.17) is 4.74 Å². The van der Waals surface area contributed by atoms with Crippen LogP contribution in [0.3, 0.4) is 0 Å². The molecular formula is C11H14O2S. The average molecular weight is 210 g/mol. The molecule has 3 heteroatoms. The lowest BCUT2D eigenvalue weighted by Gasteiger charge is -2.24. The van der Waals surface area contributed by atoms with Gasteiger partial charge in [0.25, 0.3) is 0 Å². The second-order valence-electron chi connectivity index (χ2n) is 3.70. The third-order valence-electron chi connectivity index (χ3n) is 2.52. The summed E-state index contributed by atoms with van der Waals surface area (Å²) >= 11 is 1.54. The zero-order valence-corrected chi connectivity index (χ0v) is 9.10. The summed E-state index contributed by atoms with van der Waals surface area (Å²) in [7, 11) is 0. The van der Waals surface area contributed by atoms with Crippen molar-refractivity contribution in [1.29, 1.82) is 0 Å². The van der Waals surface area contributed by atoms with Crippen molar-refractivity contribution in [2.45, 2.75) is 32.3 Å². The zero-order chi connectivity index (χ0) is 9.97. The molecule has 0 atom stereocenters. The van der Waals surface area contributed by atoms with Crippen molar-refractivity contribution >= 4 is 17.1 Å². The fourth-order valence-corrected chi connectivity index (χ4v) is 2.18. The zero-order valence-electron chi connectivity index (χ0n) is 8.29. The molecule has 76 valence electrons. The van der Waals surface area contributed by atoms with Crippen molar-refractivity contribution in [3.63, 3.8) is 0 Å². The number of hydrogen-bond donors (Lipinski definition) is 0. The van der Waals surface area contributed by atoms with Crippen LogP contribution in [-0.2, 0) is 4.74 Å². The van der Waals surface area contributed by atoms with Crippen LogP contribution in [-0.4, -0.2) is 18.5 Å². The molecule has 0 N–H and O–H groups in total. The van der Waals surface area contributed by atoms with Crippen molar-refractivity contribution in [3.05, 3.63) is 21.9 Å². The van der Waals surface area contributed by atoms with E-state index >= 15 is 0 Å². The molecule has 0 unspecified atom stereocenters. The smallest absolute Gasteiger partial charge is 0.198 e. The fraction of sp³-hybridized carbons (Fsp3) is 0.545. The minimum atomic E-state index is 0.120. The number of carbonyl (C=O) groups is 1. The summed E-state index contributed by atoms with van der Waals surface area (Å²) < 4.78 is 5.46. The molecule has 0 saturated heterocycles. The topological polar surface area (TPSA) is 26.3 Å². The van der Waals surface area contributed by atoms with Gasteiger partial charge >= 0.3 is 0 Å². The highest BCUT2D eigenvalue weighted by Crippen LogP contribution is 2.22. The predicted molar refractivity (Wildman–Crippen MR) is 57.0 cm³/mol. The first-order valence-electron chi connectivity index (χ1n) is 4.97. The number of carbonyl (C=O) groups excluding carboxylic acids is 1. The van der Waals surface area contributed by atoms with Crippen molar-refractivity contribution in [1.82, 2.24) is 0 Å². The molecule has 1 heterocycles. The minimum Gasteiger partial charge on any atom is -0.370 e. The van der Waals surface area contributed by atoms with Gasteiger partial charge in [-0.05, 0) is 38.3 Å². The molecule has 14 heavy (non-hydrogen) atoms. The second-order valence-corrected chi connectivity index (χ2v) is 4.99. The highest BCUT2D eigenvalue weighted by molar-refractivity contribution is 7.14. The van der Waals surface area contributed by atoms with E-state index in [2.05, 4.69) is 0 Å². The summed E-state index contributed by atoms with van der Waals surface area (Å²) in [5.74, 6) is 0.120. The van der Waals surface area contributed by atoms with Crippen molar-refractivity contribution < 1.29 is 9.53 Å². The first kappa shape index (κ1) is 9.87. The Morgan fingerprint density at radius 1 is 1.57 bits per heavy atom. The highest BCUT2D eigenvalue weighted by atomic mass is 32.1. The van der Waals surface area contributed by atoms with Gasteiger partial charge in [-0.25, -0.2) is 0 Å². The Kier molecular flexibility index (Phi) is 2.99. The maximum atomic E-state index is 11.6. The SMILES string of the molecule is Cc1ccc(C(=O)COC2CCC2)s1. The van der Waals surface area contributed by atoms with Crippen LogP contribution in [0, 0.1) is 6.92 Å². The minimum absolute atomic E-state index is 0.120. The predicted octanol–water partition coefficient (Wildman–Crippen LogP) is 2.81. The number of Topliss-reactive ketones (excluding diaryl/α,β-unsaturated/α-hetero) is 1. The summed E-state index contributed by atoms with van der Waals surface area (Å²) in [6.07, 6.45) is 3.84. The van der Waals surface area contributed by atoms with E-state index < -0.39 is 0 Å². The molecule has 0 aliphatic heterocycles. The monoisotopic (exact) mass is 210 g/mol. The Bertz CT molecular complexity index is 326. The van der Waals surface area contributed by atoms with Crippen LogP contribution in [0.25, 0.3) is 0 Å². The van der Waals surface area contributed by atoms with E-state index in [9.17, 15) is 4.79 Å². The van der Waals surface area contributed by atoms with E-state index in [1.54, 1.807) is 11.3 Å². The van der Waals surface area contributed by atoms with Crippen LogP contribution in [0.1, 0.15) is 33.8 Å². The van der Waals surface area contributed by atoms with E-state index in [1.165, 1.54) is 11.3 Å². The summed E-state index contributed by atoms with van der Waals surface area (Å²) in [5, 5.41) is 0. The number of rotatable bonds is 4. The third-order valence-corrected chi connectivity index (χ3v) is 3.56. The maximum absolute atomic E-state index is 11.6. The molecule has 1 aromatic heterocycles. The van der Waals surface area contributed by atoms with Crippen LogP contribution in [0.4, 0.5) is 0 Å². The third kappa shape index (κ3) is 2.22. The molecule has 0 radical (unpaired) electrons. The fourth-order valence-electron chi connectivity index (χ4n) is 1.39. The van der Waals surface area contributed by atoms with Gasteiger partial charge in [0.1, 0.15) is 6.61 Å². The maximum Gasteiger partial charge on any atom is 0.198 e. The normalized spacial score (nSPS) is 16.6. The van der Waals surface area contributed by atoms with E-state index in [-0.39, 0.29) is 12.4 Å². The number of thiophene rings is 1. The van der Waals surface area contributed by atoms with Gasteiger partial charge in [-0.1, -0.05) is 0 Å². The summed E-state index contributed by atoms with van der Waals surface area (Å²) in [4.78, 5) is 13.6. The first-order chi connectivity index (χ1) is 6.75. The largest absolute Gasteiger partial charge is 0.370 e. The molecule has 0 aromatic carbocycles. The number of ketones is 1. The van der Waals surface area contributed by atoms with Crippen LogP contribution in [0.2, 0.25) is 0 Å². The van der Waals surface area contributed by atoms with E-state index in [0.717, 1.165) is 17.7 Å². The van der Waals surface area contributed by atoms with E-state index in [0.29, 0.717) is 6.10 Å². The molecule has 1 aromatic rings. The second kappa shape index (κ2) is 4.24. The number of ether oxygens (including phenoxy) is 1. The van der Waals surface area contributed by atoms with Gasteiger partial charge in [-0.3, -0.25) is 4.79 Å². The Hall–Kier alpha value is -0.670. The number of hydrogen-bond acceptors (Lipinski definition) is 3. The molecule has 1 aliphatic carbocycles. The Morgan fingerprint density at radius 3 is 2.86 bits per heavy atom. The first-order valence-corrected chi connectivity index (χ1v) is 5.78. The van der Waals surface area contributed by atoms with Crippen LogP contribution in [0.15, 0.2) is 12.1 Å². The standard InChI is InChI=1S/C11H14O2S/c1-8-5-6-11(14-8)10(12)7-13-9-3-2-4-9/h5-6,9H,2-4,7H2,1H3. The molecule has 0 spiro atoms. The lowest BCUT2D eigenvalue weighted by atomic mass is 9.96. The average Bonchev–Trinajstić information content (AvgIpc) is 2.49. The Morgan fingerprint density at radius 2 is 2.36 bits per heavy atom. The molecule has 2 nitrogen and oxygen atoms in total. The van der Waals surface area contributed by atoms with Crippen LogP contribution >= 0.6 is 11.3 Å². The highest BCUT2D eigenvalue weighted by Gasteiger charge is 2.19. The summed E-state index contributed by atoms with van der Waals surface area (Å²) in [5.41, 5.74) is 0. The van der Waals surface area contributed by atoms with Crippen LogP contribution < -0.4 is 0 Å². The van der Waals surface area contributed by atoms with Crippen molar-refractivity contribution in [2.24, 2.45) is 0 Å². The summed E-state index contributed by atoms with van der Waals surface area (Å²) in [6.45, 7) is 2.26. The lowest BCUT2D eigenvalue weighted by molar-refractivity contribution is 0.00748. The van der Waals surface area contributed by atoms with Gasteiger partial charge in [0.05, 0.1) is 11.0 Å². The van der Waals surface area contributed by atoms with Crippen molar-refractivity contribution in [2.75, 3.05) is 6.61 Å². The Labute approximate surface area is 87.9 Å². The van der Waals surface area contributed by atoms with Gasteiger partial charge in [-0.2, -0.15) is 0 Å². The molecule has 1 aliphatic rings. The lowest BCUT2D eigenvalue weighted by Crippen LogP contribution is -2.24. The van der Waals surface area contributed by atoms with Gasteiger partial charge in [0.2, 0.25) is 0 Å². The van der Waals surface area contributed by atoms with Gasteiger partial charge < -0.3 is 4.74 Å². The molecule has 0 bridgehead atoms. The molecule has 0 amide bonds. The molecular weight excluding hydrogens is 196 g/mol. The Balaban J connectivity index is 1.82. The van der Waals surface area contributed by atoms with E-state index in [1.807, 2.05) is 19.1 Å². The quantitative estimate of drug-likeness (QED) is 0.714. The van der Waals surface area contributed by atoms with Crippen LogP contribution in [0.5, 0.6) is 0 Å². The van der Waals surface area contributed by atoms with Gasteiger partial charge in [-0.15, -0.1) is 11.3 Å². The summed E-state index contributed by atoms with van der Waals surface area (Å²) in [6, 6.07) is 3.85. The van der Waals surface area contributed by atoms with Gasteiger partial charge in [0, 0.05) is 4.88 Å². The van der Waals surface area contributed by atoms with Gasteiger partial charge in [0.15, 0.2) is 5.78 Å². The van der Waals surface area contributed by atoms with Crippen molar-refractivity contribution in [3.8, 4) is 0 Å². The molecule has 2 rings (SSSR count). The molecule has 1 saturated carbocycles. The number of aryl methyl sites for hydroxylation is 1. The molecule has 1 fully saturated rings.